The molecule has 4 heteroatoms. The Balaban J connectivity index is 1.73. The van der Waals surface area contributed by atoms with E-state index >= 15 is 0 Å². The summed E-state index contributed by atoms with van der Waals surface area (Å²) < 4.78 is 0. The summed E-state index contributed by atoms with van der Waals surface area (Å²) in [5.74, 6) is 2.32. The van der Waals surface area contributed by atoms with E-state index in [1.54, 1.807) is 0 Å². The number of rotatable bonds is 4. The van der Waals surface area contributed by atoms with Gasteiger partial charge in [-0.15, -0.1) is 0 Å². The average molecular weight is 296 g/mol. The lowest BCUT2D eigenvalue weighted by molar-refractivity contribution is -0.133. The molecular formula is C16H28N2OS. The molecule has 1 amide bonds. The summed E-state index contributed by atoms with van der Waals surface area (Å²) in [6, 6.07) is 0. The minimum atomic E-state index is -0.192. The second-order valence-corrected chi connectivity index (χ2v) is 8.58. The van der Waals surface area contributed by atoms with Gasteiger partial charge in [0.1, 0.15) is 0 Å². The first-order chi connectivity index (χ1) is 9.61. The number of thioether (sulfide) groups is 1. The molecule has 0 aromatic rings. The summed E-state index contributed by atoms with van der Waals surface area (Å²) in [5.41, 5.74) is -0.192. The highest BCUT2D eigenvalue weighted by Crippen LogP contribution is 2.39. The fraction of sp³-hybridized carbons (Fsp3) is 0.938. The van der Waals surface area contributed by atoms with Crippen molar-refractivity contribution in [2.24, 2.45) is 5.92 Å². The number of nitrogens with zero attached hydrogens (tertiary/aromatic N) is 1. The minimum Gasteiger partial charge on any atom is -0.324 e. The fourth-order valence-corrected chi connectivity index (χ4v) is 5.33. The van der Waals surface area contributed by atoms with E-state index in [1.807, 2.05) is 0 Å². The molecular weight excluding hydrogens is 268 g/mol. The van der Waals surface area contributed by atoms with E-state index in [-0.39, 0.29) is 11.7 Å². The average Bonchev–Trinajstić information content (AvgIpc) is 3.09. The van der Waals surface area contributed by atoms with E-state index in [0.717, 1.165) is 25.8 Å². The van der Waals surface area contributed by atoms with E-state index in [4.69, 9.17) is 0 Å². The zero-order valence-corrected chi connectivity index (χ0v) is 13.7. The highest BCUT2D eigenvalue weighted by Gasteiger charge is 2.52. The van der Waals surface area contributed by atoms with Crippen LogP contribution in [0.4, 0.5) is 0 Å². The SMILES string of the molecule is CC(C)CC1NC2(CCCC2)C(=O)N1CC1CCCS1. The quantitative estimate of drug-likeness (QED) is 0.865. The molecule has 1 spiro atoms. The predicted molar refractivity (Wildman–Crippen MR) is 84.8 cm³/mol. The molecule has 114 valence electrons. The maximum Gasteiger partial charge on any atom is 0.244 e. The predicted octanol–water partition coefficient (Wildman–Crippen LogP) is 3.00. The van der Waals surface area contributed by atoms with Gasteiger partial charge in [-0.25, -0.2) is 0 Å². The Bertz CT molecular complexity index is 359. The van der Waals surface area contributed by atoms with Crippen molar-refractivity contribution in [2.75, 3.05) is 12.3 Å². The molecule has 1 aliphatic carbocycles. The van der Waals surface area contributed by atoms with Crippen LogP contribution in [0.2, 0.25) is 0 Å². The van der Waals surface area contributed by atoms with E-state index in [0.29, 0.717) is 17.1 Å². The van der Waals surface area contributed by atoms with Gasteiger partial charge in [-0.05, 0) is 43.8 Å². The third-order valence-corrected chi connectivity index (χ3v) is 6.45. The summed E-state index contributed by atoms with van der Waals surface area (Å²) in [6.45, 7) is 5.48. The molecule has 2 aliphatic heterocycles. The third-order valence-electron chi connectivity index (χ3n) is 5.07. The van der Waals surface area contributed by atoms with Crippen LogP contribution in [0.15, 0.2) is 0 Å². The minimum absolute atomic E-state index is 0.192. The molecule has 1 N–H and O–H groups in total. The van der Waals surface area contributed by atoms with Gasteiger partial charge in [0, 0.05) is 11.8 Å². The molecule has 3 rings (SSSR count). The van der Waals surface area contributed by atoms with Crippen LogP contribution in [-0.4, -0.2) is 40.1 Å². The summed E-state index contributed by atoms with van der Waals surface area (Å²) in [5, 5.41) is 4.41. The van der Waals surface area contributed by atoms with Crippen LogP contribution in [0.3, 0.4) is 0 Å². The van der Waals surface area contributed by atoms with Gasteiger partial charge in [-0.2, -0.15) is 11.8 Å². The molecule has 2 saturated heterocycles. The normalized spacial score (nSPS) is 33.0. The van der Waals surface area contributed by atoms with Gasteiger partial charge in [-0.3, -0.25) is 10.1 Å². The molecule has 3 nitrogen and oxygen atoms in total. The Morgan fingerprint density at radius 3 is 2.70 bits per heavy atom. The van der Waals surface area contributed by atoms with Crippen molar-refractivity contribution in [1.29, 1.82) is 0 Å². The second kappa shape index (κ2) is 5.88. The van der Waals surface area contributed by atoms with Crippen molar-refractivity contribution < 1.29 is 4.79 Å². The lowest BCUT2D eigenvalue weighted by atomic mass is 9.98. The van der Waals surface area contributed by atoms with Gasteiger partial charge in [0.2, 0.25) is 5.91 Å². The summed E-state index contributed by atoms with van der Waals surface area (Å²) in [6.07, 6.45) is 8.50. The van der Waals surface area contributed by atoms with Crippen molar-refractivity contribution in [1.82, 2.24) is 10.2 Å². The number of hydrogen-bond donors (Lipinski definition) is 1. The van der Waals surface area contributed by atoms with Crippen molar-refractivity contribution in [3.63, 3.8) is 0 Å². The van der Waals surface area contributed by atoms with Gasteiger partial charge in [0.15, 0.2) is 0 Å². The Kier molecular flexibility index (Phi) is 4.32. The topological polar surface area (TPSA) is 32.3 Å². The Morgan fingerprint density at radius 2 is 2.10 bits per heavy atom. The molecule has 3 aliphatic rings. The molecule has 1 saturated carbocycles. The molecule has 2 heterocycles. The standard InChI is InChI=1S/C16H28N2OS/c1-12(2)10-14-17-16(7-3-4-8-16)15(19)18(14)11-13-6-5-9-20-13/h12-14,17H,3-11H2,1-2H3. The third kappa shape index (κ3) is 2.74. The maximum atomic E-state index is 13.0. The first-order valence-electron chi connectivity index (χ1n) is 8.31. The van der Waals surface area contributed by atoms with Crippen molar-refractivity contribution >= 4 is 17.7 Å². The number of carbonyl (C=O) groups is 1. The molecule has 2 unspecified atom stereocenters. The van der Waals surface area contributed by atoms with Crippen molar-refractivity contribution in [3.05, 3.63) is 0 Å². The molecule has 2 atom stereocenters. The van der Waals surface area contributed by atoms with E-state index in [2.05, 4.69) is 35.8 Å². The van der Waals surface area contributed by atoms with Gasteiger partial charge in [-0.1, -0.05) is 26.7 Å². The molecule has 0 aromatic carbocycles. The zero-order chi connectivity index (χ0) is 14.2. The first kappa shape index (κ1) is 14.7. The molecule has 20 heavy (non-hydrogen) atoms. The molecule has 0 radical (unpaired) electrons. The lowest BCUT2D eigenvalue weighted by Crippen LogP contribution is -2.45. The Morgan fingerprint density at radius 1 is 1.35 bits per heavy atom. The summed E-state index contributed by atoms with van der Waals surface area (Å²) in [7, 11) is 0. The molecule has 3 fully saturated rings. The van der Waals surface area contributed by atoms with E-state index in [1.165, 1.54) is 31.4 Å². The van der Waals surface area contributed by atoms with Crippen LogP contribution in [0.5, 0.6) is 0 Å². The van der Waals surface area contributed by atoms with E-state index < -0.39 is 0 Å². The van der Waals surface area contributed by atoms with Gasteiger partial charge < -0.3 is 4.90 Å². The number of amides is 1. The lowest BCUT2D eigenvalue weighted by Gasteiger charge is -2.27. The van der Waals surface area contributed by atoms with Crippen LogP contribution in [0, 0.1) is 5.92 Å². The van der Waals surface area contributed by atoms with Crippen LogP contribution < -0.4 is 5.32 Å². The molecule has 0 bridgehead atoms. The largest absolute Gasteiger partial charge is 0.324 e. The number of nitrogens with one attached hydrogen (secondary N) is 1. The summed E-state index contributed by atoms with van der Waals surface area (Å²) >= 11 is 2.06. The van der Waals surface area contributed by atoms with Gasteiger partial charge in [0.25, 0.3) is 0 Å². The van der Waals surface area contributed by atoms with Gasteiger partial charge >= 0.3 is 0 Å². The monoisotopic (exact) mass is 296 g/mol. The first-order valence-corrected chi connectivity index (χ1v) is 9.36. The summed E-state index contributed by atoms with van der Waals surface area (Å²) in [4.78, 5) is 15.2. The number of hydrogen-bond acceptors (Lipinski definition) is 3. The van der Waals surface area contributed by atoms with Crippen LogP contribution >= 0.6 is 11.8 Å². The maximum absolute atomic E-state index is 13.0. The highest BCUT2D eigenvalue weighted by molar-refractivity contribution is 8.00. The van der Waals surface area contributed by atoms with Crippen molar-refractivity contribution in [2.45, 2.75) is 75.7 Å². The van der Waals surface area contributed by atoms with Gasteiger partial charge in [0.05, 0.1) is 11.7 Å². The number of carbonyl (C=O) groups excluding carboxylic acids is 1. The second-order valence-electron chi connectivity index (χ2n) is 7.17. The highest BCUT2D eigenvalue weighted by atomic mass is 32.2. The smallest absolute Gasteiger partial charge is 0.244 e. The fourth-order valence-electron chi connectivity index (χ4n) is 4.06. The molecule has 0 aromatic heterocycles. The van der Waals surface area contributed by atoms with Crippen molar-refractivity contribution in [3.8, 4) is 0 Å². The van der Waals surface area contributed by atoms with E-state index in [9.17, 15) is 4.79 Å². The van der Waals surface area contributed by atoms with Crippen LogP contribution in [0.1, 0.15) is 58.8 Å². The Labute approximate surface area is 127 Å². The van der Waals surface area contributed by atoms with Crippen LogP contribution in [-0.2, 0) is 4.79 Å². The Hall–Kier alpha value is -0.220. The van der Waals surface area contributed by atoms with Crippen LogP contribution in [0.25, 0.3) is 0 Å². The zero-order valence-electron chi connectivity index (χ0n) is 12.9.